The second-order valence-electron chi connectivity index (χ2n) is 8.55. The summed E-state index contributed by atoms with van der Waals surface area (Å²) in [4.78, 5) is 0. The molecule has 0 fully saturated rings. The van der Waals surface area contributed by atoms with Gasteiger partial charge in [0.1, 0.15) is 0 Å². The molecule has 0 aliphatic carbocycles. The first kappa shape index (κ1) is 36.6. The van der Waals surface area contributed by atoms with Crippen LogP contribution in [0.4, 0.5) is 0 Å². The van der Waals surface area contributed by atoms with Crippen molar-refractivity contribution in [2.24, 2.45) is 0 Å². The van der Waals surface area contributed by atoms with Crippen molar-refractivity contribution in [2.45, 2.75) is 107 Å². The van der Waals surface area contributed by atoms with E-state index in [1.54, 1.807) is 0 Å². The van der Waals surface area contributed by atoms with Gasteiger partial charge in [0.25, 0.3) is 0 Å². The van der Waals surface area contributed by atoms with Crippen LogP contribution < -0.4 is 0 Å². The monoisotopic (exact) mass is 548 g/mol. The molecule has 0 unspecified atom stereocenters. The summed E-state index contributed by atoms with van der Waals surface area (Å²) in [5.74, 6) is 0. The van der Waals surface area contributed by atoms with Crippen LogP contribution in [-0.2, 0) is 0 Å². The molecule has 0 rings (SSSR count). The number of hydrogen-bond acceptors (Lipinski definition) is 4. The molecule has 0 saturated carbocycles. The molecule has 4 nitrogen and oxygen atoms in total. The van der Waals surface area contributed by atoms with Gasteiger partial charge >= 0.3 is 186 Å². The minimum absolute atomic E-state index is 0. The van der Waals surface area contributed by atoms with E-state index in [0.717, 1.165) is 0 Å². The van der Waals surface area contributed by atoms with Gasteiger partial charge in [0, 0.05) is 0 Å². The summed E-state index contributed by atoms with van der Waals surface area (Å²) in [5, 5.41) is 0. The Labute approximate surface area is 214 Å². The zero-order valence-electron chi connectivity index (χ0n) is 22.4. The Morgan fingerprint density at radius 3 is 0.581 bits per heavy atom. The summed E-state index contributed by atoms with van der Waals surface area (Å²) >= 11 is 0. The van der Waals surface area contributed by atoms with Crippen molar-refractivity contribution in [1.29, 1.82) is 0 Å². The van der Waals surface area contributed by atoms with Gasteiger partial charge in [0.2, 0.25) is 0 Å². The van der Waals surface area contributed by atoms with E-state index < -0.39 is 7.87 Å². The van der Waals surface area contributed by atoms with Gasteiger partial charge in [-0.05, 0) is 0 Å². The van der Waals surface area contributed by atoms with E-state index >= 15 is 0 Å². The average molecular weight is 550 g/mol. The van der Waals surface area contributed by atoms with Gasteiger partial charge in [0.15, 0.2) is 0 Å². The van der Waals surface area contributed by atoms with Crippen LogP contribution in [0.5, 0.6) is 0 Å². The van der Waals surface area contributed by atoms with Crippen molar-refractivity contribution in [1.82, 2.24) is 18.7 Å². The Bertz CT molecular complexity index is 286. The first-order valence-corrected chi connectivity index (χ1v) is 14.9. The van der Waals surface area contributed by atoms with E-state index in [9.17, 15) is 0 Å². The minimum Gasteiger partial charge on any atom is -0.147 e. The molecule has 7 heteroatoms. The minimum atomic E-state index is -2.15. The first-order valence-electron chi connectivity index (χ1n) is 13.1. The summed E-state index contributed by atoms with van der Waals surface area (Å²) in [6.45, 7) is 28.9. The van der Waals surface area contributed by atoms with Crippen LogP contribution in [0.2, 0.25) is 0 Å². The molecule has 194 valence electrons. The van der Waals surface area contributed by atoms with Gasteiger partial charge in [-0.15, -0.1) is 29.4 Å². The zero-order valence-corrected chi connectivity index (χ0v) is 25.9. The third kappa shape index (κ3) is 10.9. The molecular weight excluding hydrogens is 491 g/mol. The molecule has 0 atom stereocenters. The Hall–Kier alpha value is 1.04. The van der Waals surface area contributed by atoms with Gasteiger partial charge in [0.05, 0.1) is 0 Å². The number of hydrogen-bond donors (Lipinski definition) is 0. The van der Waals surface area contributed by atoms with E-state index in [4.69, 9.17) is 0 Å². The van der Waals surface area contributed by atoms with Gasteiger partial charge in [-0.3, -0.25) is 0 Å². The summed E-state index contributed by atoms with van der Waals surface area (Å²) in [6, 6.07) is 0. The van der Waals surface area contributed by atoms with E-state index in [2.05, 4.69) is 74.1 Å². The summed E-state index contributed by atoms with van der Waals surface area (Å²) in [7, 11) is -2.15. The van der Waals surface area contributed by atoms with Gasteiger partial charge in [-0.25, -0.2) is 0 Å². The Morgan fingerprint density at radius 2 is 0.484 bits per heavy atom. The molecule has 0 aromatic rings. The third-order valence-corrected chi connectivity index (χ3v) is 10.8. The topological polar surface area (TPSA) is 13.0 Å². The van der Waals surface area contributed by atoms with Crippen molar-refractivity contribution in [3.8, 4) is 0 Å². The SMILES string of the molecule is Br.CCCN(CCC)[PH](N(CCC)CCC)(N(CCC)CCC)N(CCC)CCC.Cl. The molecule has 0 bridgehead atoms. The van der Waals surface area contributed by atoms with Crippen molar-refractivity contribution in [3.63, 3.8) is 0 Å². The van der Waals surface area contributed by atoms with Crippen LogP contribution in [0.3, 0.4) is 0 Å². The molecule has 0 radical (unpaired) electrons. The molecule has 0 aromatic carbocycles. The quantitative estimate of drug-likeness (QED) is 0.143. The fourth-order valence-electron chi connectivity index (χ4n) is 5.01. The van der Waals surface area contributed by atoms with Crippen LogP contribution in [0, 0.1) is 0 Å². The smallest absolute Gasteiger partial charge is 0.147 e. The second-order valence-corrected chi connectivity index (χ2v) is 12.3. The Morgan fingerprint density at radius 1 is 0.355 bits per heavy atom. The molecule has 0 amide bonds. The normalized spacial score (nSPS) is 12.5. The average Bonchev–Trinajstić information content (AvgIpc) is 2.70. The zero-order chi connectivity index (χ0) is 22.1. The van der Waals surface area contributed by atoms with Crippen LogP contribution in [0.25, 0.3) is 0 Å². The fraction of sp³-hybridized carbons (Fsp3) is 1.00. The second kappa shape index (κ2) is 22.8. The number of nitrogens with zero attached hydrogens (tertiary/aromatic N) is 4. The Kier molecular flexibility index (Phi) is 26.9. The van der Waals surface area contributed by atoms with Crippen molar-refractivity contribution < 1.29 is 0 Å². The largest absolute Gasteiger partial charge is 0.147 e. The molecule has 0 aliphatic heterocycles. The summed E-state index contributed by atoms with van der Waals surface area (Å²) < 4.78 is 12.0. The van der Waals surface area contributed by atoms with E-state index in [0.29, 0.717) is 0 Å². The van der Waals surface area contributed by atoms with E-state index in [1.807, 2.05) is 0 Å². The van der Waals surface area contributed by atoms with Crippen LogP contribution >= 0.6 is 37.3 Å². The van der Waals surface area contributed by atoms with Gasteiger partial charge in [-0.2, -0.15) is 0 Å². The molecule has 0 aliphatic rings. The standard InChI is InChI=1S/C24H57N4P.BrH.ClH/c1-9-17-25(18-10-2)29(26(19-11-3)20-12-4,27(21-13-5)22-14-6)28(23-15-7)24-16-8;;/h29H,9-24H2,1-8H3;2*1H. The maximum Gasteiger partial charge on any atom is -0.147 e. The molecule has 31 heavy (non-hydrogen) atoms. The van der Waals surface area contributed by atoms with E-state index in [1.165, 1.54) is 104 Å². The van der Waals surface area contributed by atoms with Crippen molar-refractivity contribution in [2.75, 3.05) is 52.4 Å². The first-order chi connectivity index (χ1) is 14.1. The maximum atomic E-state index is 3.00. The van der Waals surface area contributed by atoms with Crippen molar-refractivity contribution in [3.05, 3.63) is 0 Å². The number of rotatable bonds is 20. The molecular formula is C24H59BrClN4P. The molecule has 0 saturated heterocycles. The molecule has 0 spiro atoms. The Balaban J connectivity index is -0.00000392. The predicted molar refractivity (Wildman–Crippen MR) is 155 cm³/mol. The summed E-state index contributed by atoms with van der Waals surface area (Å²) in [6.07, 6.45) is 9.99. The fourth-order valence-corrected chi connectivity index (χ4v) is 11.6. The maximum absolute atomic E-state index is 3.00. The van der Waals surface area contributed by atoms with Gasteiger partial charge < -0.3 is 0 Å². The number of halogens is 2. The van der Waals surface area contributed by atoms with Crippen LogP contribution in [-0.4, -0.2) is 71.0 Å². The third-order valence-electron chi connectivity index (χ3n) is 5.65. The molecule has 0 heterocycles. The molecule has 0 aromatic heterocycles. The predicted octanol–water partition coefficient (Wildman–Crippen LogP) is 7.88. The van der Waals surface area contributed by atoms with Gasteiger partial charge in [-0.1, -0.05) is 0 Å². The van der Waals surface area contributed by atoms with E-state index in [-0.39, 0.29) is 29.4 Å². The summed E-state index contributed by atoms with van der Waals surface area (Å²) in [5.41, 5.74) is 0. The van der Waals surface area contributed by atoms with Crippen molar-refractivity contribution >= 4 is 37.3 Å². The van der Waals surface area contributed by atoms with Crippen LogP contribution in [0.1, 0.15) is 107 Å². The molecule has 0 N–H and O–H groups in total. The van der Waals surface area contributed by atoms with Crippen LogP contribution in [0.15, 0.2) is 0 Å².